The van der Waals surface area contributed by atoms with Gasteiger partial charge in [0.15, 0.2) is 0 Å². The zero-order valence-electron chi connectivity index (χ0n) is 9.83. The number of piperidine rings is 1. The number of likely N-dealkylation sites (tertiary alicyclic amines) is 1. The molecule has 2 atom stereocenters. The fourth-order valence-corrected chi connectivity index (χ4v) is 2.66. The van der Waals surface area contributed by atoms with Crippen molar-refractivity contribution in [3.63, 3.8) is 0 Å². The summed E-state index contributed by atoms with van der Waals surface area (Å²) < 4.78 is 0. The van der Waals surface area contributed by atoms with Crippen LogP contribution in [0, 0.1) is 5.92 Å². The highest BCUT2D eigenvalue weighted by Gasteiger charge is 2.34. The molecule has 0 aromatic rings. The van der Waals surface area contributed by atoms with Crippen LogP contribution in [0.5, 0.6) is 0 Å². The Balaban J connectivity index is 1.83. The van der Waals surface area contributed by atoms with Crippen molar-refractivity contribution in [3.8, 4) is 0 Å². The molecule has 3 nitrogen and oxygen atoms in total. The lowest BCUT2D eigenvalue weighted by Gasteiger charge is -2.37. The number of hydrogen-bond donors (Lipinski definition) is 1. The number of amides is 1. The molecule has 2 aliphatic rings. The molecule has 1 aliphatic heterocycles. The predicted octanol–water partition coefficient (Wildman–Crippen LogP) is 1.39. The normalized spacial score (nSPS) is 29.9. The molecule has 1 amide bonds. The van der Waals surface area contributed by atoms with Gasteiger partial charge in [-0.05, 0) is 45.1 Å². The smallest absolute Gasteiger partial charge is 0.217 e. The highest BCUT2D eigenvalue weighted by molar-refractivity contribution is 5.73. The summed E-state index contributed by atoms with van der Waals surface area (Å²) in [7, 11) is 0. The van der Waals surface area contributed by atoms with E-state index >= 15 is 0 Å². The van der Waals surface area contributed by atoms with Gasteiger partial charge in [0.05, 0.1) is 0 Å². The van der Waals surface area contributed by atoms with Crippen molar-refractivity contribution in [2.75, 3.05) is 13.1 Å². The third kappa shape index (κ3) is 2.94. The second kappa shape index (κ2) is 4.52. The summed E-state index contributed by atoms with van der Waals surface area (Å²) in [5, 5.41) is 3.05. The number of nitrogens with one attached hydrogen (secondary N) is 1. The molecule has 3 heteroatoms. The monoisotopic (exact) mass is 210 g/mol. The molecule has 0 spiro atoms. The SMILES string of the molecule is CC(=O)NC1CCCN(C(C)C2CC2)C1. The minimum absolute atomic E-state index is 0.112. The summed E-state index contributed by atoms with van der Waals surface area (Å²) >= 11 is 0. The first kappa shape index (κ1) is 10.9. The maximum atomic E-state index is 11.0. The fourth-order valence-electron chi connectivity index (χ4n) is 2.66. The Morgan fingerprint density at radius 1 is 1.40 bits per heavy atom. The van der Waals surface area contributed by atoms with Gasteiger partial charge in [-0.2, -0.15) is 0 Å². The van der Waals surface area contributed by atoms with Crippen molar-refractivity contribution in [2.24, 2.45) is 5.92 Å². The minimum atomic E-state index is 0.112. The highest BCUT2D eigenvalue weighted by Crippen LogP contribution is 2.35. The fraction of sp³-hybridized carbons (Fsp3) is 0.917. The van der Waals surface area contributed by atoms with E-state index < -0.39 is 0 Å². The van der Waals surface area contributed by atoms with E-state index in [4.69, 9.17) is 0 Å². The molecule has 1 aliphatic carbocycles. The first-order valence-electron chi connectivity index (χ1n) is 6.18. The Morgan fingerprint density at radius 3 is 2.73 bits per heavy atom. The molecular weight excluding hydrogens is 188 g/mol. The van der Waals surface area contributed by atoms with Crippen molar-refractivity contribution >= 4 is 5.91 Å². The van der Waals surface area contributed by atoms with Crippen LogP contribution in [0.4, 0.5) is 0 Å². The minimum Gasteiger partial charge on any atom is -0.352 e. The standard InChI is InChI=1S/C12H22N2O/c1-9(11-5-6-11)14-7-3-4-12(8-14)13-10(2)15/h9,11-12H,3-8H2,1-2H3,(H,13,15). The lowest BCUT2D eigenvalue weighted by molar-refractivity contribution is -0.120. The Kier molecular flexibility index (Phi) is 3.29. The Bertz CT molecular complexity index is 238. The molecule has 2 unspecified atom stereocenters. The molecule has 1 saturated heterocycles. The van der Waals surface area contributed by atoms with Crippen molar-refractivity contribution in [1.29, 1.82) is 0 Å². The maximum absolute atomic E-state index is 11.0. The number of carbonyl (C=O) groups excluding carboxylic acids is 1. The lowest BCUT2D eigenvalue weighted by Crippen LogP contribution is -2.50. The van der Waals surface area contributed by atoms with Gasteiger partial charge in [-0.1, -0.05) is 0 Å². The summed E-state index contributed by atoms with van der Waals surface area (Å²) in [6, 6.07) is 1.11. The van der Waals surface area contributed by atoms with E-state index in [1.807, 2.05) is 0 Å². The second-order valence-corrected chi connectivity index (χ2v) is 5.11. The second-order valence-electron chi connectivity index (χ2n) is 5.11. The maximum Gasteiger partial charge on any atom is 0.217 e. The van der Waals surface area contributed by atoms with E-state index in [0.717, 1.165) is 24.9 Å². The number of rotatable bonds is 3. The highest BCUT2D eigenvalue weighted by atomic mass is 16.1. The van der Waals surface area contributed by atoms with Crippen LogP contribution in [0.2, 0.25) is 0 Å². The average Bonchev–Trinajstić information content (AvgIpc) is 2.99. The summed E-state index contributed by atoms with van der Waals surface area (Å²) in [6.07, 6.45) is 5.18. The predicted molar refractivity (Wildman–Crippen MR) is 60.6 cm³/mol. The van der Waals surface area contributed by atoms with E-state index in [2.05, 4.69) is 17.1 Å². The Hall–Kier alpha value is -0.570. The van der Waals surface area contributed by atoms with Gasteiger partial charge in [-0.3, -0.25) is 9.69 Å². The van der Waals surface area contributed by atoms with Crippen LogP contribution in [-0.2, 0) is 4.79 Å². The van der Waals surface area contributed by atoms with Gasteiger partial charge in [0.25, 0.3) is 0 Å². The summed E-state index contributed by atoms with van der Waals surface area (Å²) in [4.78, 5) is 13.6. The molecule has 1 heterocycles. The van der Waals surface area contributed by atoms with Crippen LogP contribution in [-0.4, -0.2) is 36.0 Å². The van der Waals surface area contributed by atoms with Gasteiger partial charge in [0.2, 0.25) is 5.91 Å². The van der Waals surface area contributed by atoms with E-state index in [0.29, 0.717) is 6.04 Å². The van der Waals surface area contributed by atoms with Crippen LogP contribution in [0.1, 0.15) is 39.5 Å². The topological polar surface area (TPSA) is 32.3 Å². The Morgan fingerprint density at radius 2 is 2.13 bits per heavy atom. The molecule has 1 saturated carbocycles. The van der Waals surface area contributed by atoms with Crippen LogP contribution >= 0.6 is 0 Å². The van der Waals surface area contributed by atoms with Crippen LogP contribution in [0.25, 0.3) is 0 Å². The van der Waals surface area contributed by atoms with Gasteiger partial charge in [-0.15, -0.1) is 0 Å². The molecule has 2 rings (SSSR count). The van der Waals surface area contributed by atoms with Crippen molar-refractivity contribution in [1.82, 2.24) is 10.2 Å². The zero-order valence-corrected chi connectivity index (χ0v) is 9.83. The first-order chi connectivity index (χ1) is 7.16. The van der Waals surface area contributed by atoms with Gasteiger partial charge in [0, 0.05) is 25.6 Å². The van der Waals surface area contributed by atoms with Crippen molar-refractivity contribution in [2.45, 2.75) is 51.6 Å². The molecule has 1 N–H and O–H groups in total. The van der Waals surface area contributed by atoms with Gasteiger partial charge < -0.3 is 5.32 Å². The van der Waals surface area contributed by atoms with Gasteiger partial charge in [-0.25, -0.2) is 0 Å². The van der Waals surface area contributed by atoms with E-state index in [1.54, 1.807) is 6.92 Å². The molecule has 0 aromatic carbocycles. The van der Waals surface area contributed by atoms with E-state index in [1.165, 1.54) is 25.8 Å². The number of nitrogens with zero attached hydrogens (tertiary/aromatic N) is 1. The third-order valence-electron chi connectivity index (χ3n) is 3.74. The van der Waals surface area contributed by atoms with Crippen molar-refractivity contribution in [3.05, 3.63) is 0 Å². The van der Waals surface area contributed by atoms with Crippen LogP contribution in [0.15, 0.2) is 0 Å². The van der Waals surface area contributed by atoms with Crippen molar-refractivity contribution < 1.29 is 4.79 Å². The summed E-state index contributed by atoms with van der Waals surface area (Å²) in [5.41, 5.74) is 0. The molecule has 0 aromatic heterocycles. The zero-order chi connectivity index (χ0) is 10.8. The molecular formula is C12H22N2O. The van der Waals surface area contributed by atoms with Gasteiger partial charge >= 0.3 is 0 Å². The van der Waals surface area contributed by atoms with E-state index in [9.17, 15) is 4.79 Å². The average molecular weight is 210 g/mol. The molecule has 0 radical (unpaired) electrons. The summed E-state index contributed by atoms with van der Waals surface area (Å²) in [5.74, 6) is 1.04. The first-order valence-corrected chi connectivity index (χ1v) is 6.18. The molecule has 15 heavy (non-hydrogen) atoms. The Labute approximate surface area is 92.2 Å². The quantitative estimate of drug-likeness (QED) is 0.763. The molecule has 2 fully saturated rings. The lowest BCUT2D eigenvalue weighted by atomic mass is 10.0. The van der Waals surface area contributed by atoms with Crippen LogP contribution in [0.3, 0.4) is 0 Å². The summed E-state index contributed by atoms with van der Waals surface area (Å²) in [6.45, 7) is 6.22. The third-order valence-corrected chi connectivity index (χ3v) is 3.74. The number of hydrogen-bond acceptors (Lipinski definition) is 2. The number of carbonyl (C=O) groups is 1. The van der Waals surface area contributed by atoms with Gasteiger partial charge in [0.1, 0.15) is 0 Å². The molecule has 86 valence electrons. The molecule has 0 bridgehead atoms. The van der Waals surface area contributed by atoms with Crippen LogP contribution < -0.4 is 5.32 Å². The largest absolute Gasteiger partial charge is 0.352 e. The van der Waals surface area contributed by atoms with E-state index in [-0.39, 0.29) is 5.91 Å².